The molecule has 6 N–H and O–H groups in total. The molecule has 2 atom stereocenters. The van der Waals surface area contributed by atoms with Gasteiger partial charge < -0.3 is 21.1 Å². The Morgan fingerprint density at radius 3 is 2.03 bits per heavy atom. The van der Waals surface area contributed by atoms with Gasteiger partial charge in [0.15, 0.2) is 0 Å². The Bertz CT molecular complexity index is 1200. The molecule has 0 saturated heterocycles. The number of amides is 3. The number of carbonyl (C=O) groups excluding carboxylic acids is 3. The molecule has 194 valence electrons. The number of hydrogen-bond donors (Lipinski definition) is 6. The Labute approximate surface area is 217 Å². The van der Waals surface area contributed by atoms with Crippen LogP contribution in [0.3, 0.4) is 0 Å². The van der Waals surface area contributed by atoms with Crippen LogP contribution in [-0.2, 0) is 9.59 Å². The van der Waals surface area contributed by atoms with Gasteiger partial charge in [0.2, 0.25) is 5.91 Å². The van der Waals surface area contributed by atoms with Gasteiger partial charge >= 0.3 is 0 Å². The summed E-state index contributed by atoms with van der Waals surface area (Å²) < 4.78 is 0. The van der Waals surface area contributed by atoms with Gasteiger partial charge in [-0.05, 0) is 80.1 Å². The largest absolute Gasteiger partial charge is 0.391 e. The van der Waals surface area contributed by atoms with E-state index in [9.17, 15) is 19.5 Å². The zero-order valence-corrected chi connectivity index (χ0v) is 19.8. The number of aliphatic hydroxyl groups excluding tert-OH is 1. The summed E-state index contributed by atoms with van der Waals surface area (Å²) in [6, 6.07) is 12.6. The molecule has 0 aliphatic heterocycles. The highest BCUT2D eigenvalue weighted by molar-refractivity contribution is 5.97. The molecule has 0 bridgehead atoms. The number of hydroxylamine groups is 1. The number of hydrogen-bond acceptors (Lipinski definition) is 6. The highest BCUT2D eigenvalue weighted by atomic mass is 16.5. The second-order valence-electron chi connectivity index (χ2n) is 8.38. The summed E-state index contributed by atoms with van der Waals surface area (Å²) >= 11 is 0. The van der Waals surface area contributed by atoms with Crippen LogP contribution in [-0.4, -0.2) is 52.8 Å². The molecule has 1 saturated carbocycles. The van der Waals surface area contributed by atoms with Gasteiger partial charge in [0, 0.05) is 28.4 Å². The van der Waals surface area contributed by atoms with Crippen molar-refractivity contribution in [2.75, 3.05) is 11.9 Å². The maximum Gasteiger partial charge on any atom is 0.268 e. The molecule has 9 heteroatoms. The maximum absolute atomic E-state index is 12.3. The average Bonchev–Trinajstić information content (AvgIpc) is 2.84. The van der Waals surface area contributed by atoms with Gasteiger partial charge in [0.25, 0.3) is 11.8 Å². The molecule has 0 unspecified atom stereocenters. The summed E-state index contributed by atoms with van der Waals surface area (Å²) in [5.74, 6) is 9.75. The van der Waals surface area contributed by atoms with Crippen molar-refractivity contribution in [3.8, 4) is 23.7 Å². The number of nitrogens with one attached hydrogen (secondary N) is 4. The van der Waals surface area contributed by atoms with E-state index in [4.69, 9.17) is 5.21 Å². The van der Waals surface area contributed by atoms with E-state index in [2.05, 4.69) is 39.6 Å². The van der Waals surface area contributed by atoms with E-state index in [0.29, 0.717) is 23.8 Å². The van der Waals surface area contributed by atoms with Crippen molar-refractivity contribution in [1.82, 2.24) is 16.1 Å². The molecule has 2 aromatic rings. The molecule has 0 heterocycles. The molecule has 3 amide bonds. The molecule has 1 aliphatic carbocycles. The molecule has 37 heavy (non-hydrogen) atoms. The lowest BCUT2D eigenvalue weighted by Gasteiger charge is -2.26. The van der Waals surface area contributed by atoms with Crippen LogP contribution in [0, 0.1) is 23.7 Å². The zero-order valence-electron chi connectivity index (χ0n) is 19.8. The highest BCUT2D eigenvalue weighted by Gasteiger charge is 2.25. The molecule has 0 radical (unpaired) electrons. The molecule has 1 fully saturated rings. The molecule has 3 rings (SSSR count). The monoisotopic (exact) mass is 504 g/mol. The summed E-state index contributed by atoms with van der Waals surface area (Å²) in [4.78, 5) is 35.8. The average molecular weight is 505 g/mol. The zero-order chi connectivity index (χ0) is 25.9. The first-order chi connectivity index (χ1) is 17.4. The smallest absolute Gasteiger partial charge is 0.268 e. The van der Waals surface area contributed by atoms with E-state index in [1.54, 1.807) is 36.4 Å². The van der Waals surface area contributed by atoms with Gasteiger partial charge in [-0.1, -0.05) is 25.7 Å². The predicted octanol–water partition coefficient (Wildman–Crippen LogP) is 1.79. The van der Waals surface area contributed by atoms with Gasteiger partial charge in [-0.2, -0.15) is 0 Å². The van der Waals surface area contributed by atoms with Crippen molar-refractivity contribution in [2.24, 2.45) is 0 Å². The van der Waals surface area contributed by atoms with E-state index < -0.39 is 24.0 Å². The lowest BCUT2D eigenvalue weighted by molar-refractivity contribution is -0.133. The Kier molecular flexibility index (Phi) is 11.3. The van der Waals surface area contributed by atoms with Crippen LogP contribution in [0.4, 0.5) is 5.69 Å². The number of rotatable bonds is 8. The summed E-state index contributed by atoms with van der Waals surface area (Å²) in [6.07, 6.45) is 2.28. The maximum atomic E-state index is 12.3. The number of carbonyl (C=O) groups is 3. The van der Waals surface area contributed by atoms with Gasteiger partial charge in [-0.25, -0.2) is 5.48 Å². The van der Waals surface area contributed by atoms with Crippen molar-refractivity contribution in [3.63, 3.8) is 0 Å². The van der Waals surface area contributed by atoms with Crippen molar-refractivity contribution >= 4 is 23.4 Å². The Morgan fingerprint density at radius 2 is 1.54 bits per heavy atom. The second kappa shape index (κ2) is 14.4. The second-order valence-corrected chi connectivity index (χ2v) is 8.38. The number of benzene rings is 2. The SMILES string of the molecule is C.C[C@@H](O)[C@H](NC(=O)c1ccc(C#CC#Cc2ccc(NC(=O)CNC3CCC3)cc2)cc1)C(=O)NO. The number of anilines is 1. The summed E-state index contributed by atoms with van der Waals surface area (Å²) in [5.41, 5.74) is 3.76. The van der Waals surface area contributed by atoms with Crippen molar-refractivity contribution in [1.29, 1.82) is 0 Å². The van der Waals surface area contributed by atoms with E-state index in [1.807, 2.05) is 0 Å². The fourth-order valence-electron chi connectivity index (χ4n) is 3.30. The molecular formula is C28H32N4O5. The third-order valence-corrected chi connectivity index (χ3v) is 5.61. The summed E-state index contributed by atoms with van der Waals surface area (Å²) in [5, 5.41) is 26.8. The minimum absolute atomic E-state index is 0. The van der Waals surface area contributed by atoms with Crippen molar-refractivity contribution in [3.05, 3.63) is 65.2 Å². The lowest BCUT2D eigenvalue weighted by atomic mass is 9.93. The quantitative estimate of drug-likeness (QED) is 0.184. The molecular weight excluding hydrogens is 472 g/mol. The van der Waals surface area contributed by atoms with Crippen LogP contribution in [0.5, 0.6) is 0 Å². The third kappa shape index (κ3) is 9.10. The minimum atomic E-state index is -1.29. The van der Waals surface area contributed by atoms with Gasteiger partial charge in [-0.15, -0.1) is 0 Å². The first-order valence-corrected chi connectivity index (χ1v) is 11.5. The van der Waals surface area contributed by atoms with Crippen LogP contribution in [0.1, 0.15) is 55.1 Å². The topological polar surface area (TPSA) is 140 Å². The van der Waals surface area contributed by atoms with E-state index in [1.165, 1.54) is 31.0 Å². The fraction of sp³-hybridized carbons (Fsp3) is 0.321. The third-order valence-electron chi connectivity index (χ3n) is 5.61. The summed E-state index contributed by atoms with van der Waals surface area (Å²) in [7, 11) is 0. The summed E-state index contributed by atoms with van der Waals surface area (Å²) in [6.45, 7) is 1.62. The minimum Gasteiger partial charge on any atom is -0.391 e. The van der Waals surface area contributed by atoms with E-state index >= 15 is 0 Å². The van der Waals surface area contributed by atoms with E-state index in [0.717, 1.165) is 18.4 Å². The fourth-order valence-corrected chi connectivity index (χ4v) is 3.30. The highest BCUT2D eigenvalue weighted by Crippen LogP contribution is 2.17. The van der Waals surface area contributed by atoms with Crippen molar-refractivity contribution < 1.29 is 24.7 Å². The Balaban J connectivity index is 0.00000481. The van der Waals surface area contributed by atoms with Crippen LogP contribution >= 0.6 is 0 Å². The normalized spacial score (nSPS) is 13.6. The molecule has 9 nitrogen and oxygen atoms in total. The molecule has 0 spiro atoms. The van der Waals surface area contributed by atoms with Crippen LogP contribution in [0.2, 0.25) is 0 Å². The molecule has 2 aromatic carbocycles. The Morgan fingerprint density at radius 1 is 0.973 bits per heavy atom. The Hall–Kier alpha value is -4.15. The molecule has 0 aromatic heterocycles. The van der Waals surface area contributed by atoms with Gasteiger partial charge in [0.05, 0.1) is 12.6 Å². The number of aliphatic hydroxyl groups is 1. The first-order valence-electron chi connectivity index (χ1n) is 11.5. The van der Waals surface area contributed by atoms with Crippen molar-refractivity contribution in [2.45, 2.75) is 51.8 Å². The standard InChI is InChI=1S/C27H28N4O5.CH4/c1-18(32)25(27(35)31-36)30-26(34)21-13-9-19(10-14-21)5-2-3-6-20-11-15-23(16-12-20)29-24(33)17-28-22-7-4-8-22;/h9-16,18,22,25,28,32,36H,4,7-8,17H2,1H3,(H,29,33)(H,30,34)(H,31,35);1H4/t18-,25+;/m1./s1. The van der Waals surface area contributed by atoms with E-state index in [-0.39, 0.29) is 18.9 Å². The van der Waals surface area contributed by atoms with Crippen LogP contribution < -0.4 is 21.4 Å². The van der Waals surface area contributed by atoms with Gasteiger partial charge in [0.1, 0.15) is 6.04 Å². The van der Waals surface area contributed by atoms with Crippen LogP contribution in [0.15, 0.2) is 48.5 Å². The molecule has 1 aliphatic rings. The first kappa shape index (κ1) is 29.1. The predicted molar refractivity (Wildman–Crippen MR) is 141 cm³/mol. The van der Waals surface area contributed by atoms with Gasteiger partial charge in [-0.3, -0.25) is 19.6 Å². The van der Waals surface area contributed by atoms with Crippen LogP contribution in [0.25, 0.3) is 0 Å². The lowest BCUT2D eigenvalue weighted by Crippen LogP contribution is -2.51.